The second kappa shape index (κ2) is 8.10. The zero-order chi connectivity index (χ0) is 12.7. The molecule has 1 fully saturated rings. The van der Waals surface area contributed by atoms with Crippen molar-refractivity contribution in [3.8, 4) is 0 Å². The normalized spacial score (nSPS) is 21.7. The second-order valence-electron chi connectivity index (χ2n) is 5.65. The van der Waals surface area contributed by atoms with Gasteiger partial charge in [-0.05, 0) is 38.1 Å². The molecule has 1 N–H and O–H groups in total. The van der Waals surface area contributed by atoms with E-state index < -0.39 is 0 Å². The topological polar surface area (TPSA) is 21.3 Å². The van der Waals surface area contributed by atoms with Crippen LogP contribution in [0.4, 0.5) is 0 Å². The molecule has 0 radical (unpaired) electrons. The van der Waals surface area contributed by atoms with Gasteiger partial charge < -0.3 is 10.1 Å². The molecule has 1 rings (SSSR count). The third-order valence-electron chi connectivity index (χ3n) is 3.97. The molecule has 0 spiro atoms. The molecular weight excluding hydrogens is 210 g/mol. The molecule has 0 aromatic rings. The molecule has 1 saturated carbocycles. The summed E-state index contributed by atoms with van der Waals surface area (Å²) in [5.74, 6) is 1.42. The average Bonchev–Trinajstić information content (AvgIpc) is 2.34. The van der Waals surface area contributed by atoms with Crippen molar-refractivity contribution in [3.05, 3.63) is 0 Å². The van der Waals surface area contributed by atoms with E-state index in [0.29, 0.717) is 18.1 Å². The van der Waals surface area contributed by atoms with E-state index in [1.165, 1.54) is 32.1 Å². The van der Waals surface area contributed by atoms with Crippen molar-refractivity contribution in [3.63, 3.8) is 0 Å². The summed E-state index contributed by atoms with van der Waals surface area (Å²) in [4.78, 5) is 0. The van der Waals surface area contributed by atoms with Crippen LogP contribution in [-0.2, 0) is 4.74 Å². The number of rotatable bonds is 7. The smallest absolute Gasteiger partial charge is 0.0753 e. The Labute approximate surface area is 108 Å². The van der Waals surface area contributed by atoms with Crippen LogP contribution in [0.15, 0.2) is 0 Å². The minimum Gasteiger partial charge on any atom is -0.377 e. The Morgan fingerprint density at radius 3 is 2.24 bits per heavy atom. The van der Waals surface area contributed by atoms with Crippen LogP contribution in [0.25, 0.3) is 0 Å². The Bertz CT molecular complexity index is 187. The van der Waals surface area contributed by atoms with Crippen molar-refractivity contribution >= 4 is 0 Å². The van der Waals surface area contributed by atoms with Gasteiger partial charge in [0.05, 0.1) is 6.10 Å². The van der Waals surface area contributed by atoms with Crippen molar-refractivity contribution in [2.24, 2.45) is 11.8 Å². The molecule has 1 aliphatic carbocycles. The van der Waals surface area contributed by atoms with Gasteiger partial charge in [0, 0.05) is 12.6 Å². The van der Waals surface area contributed by atoms with Gasteiger partial charge in [-0.25, -0.2) is 0 Å². The second-order valence-corrected chi connectivity index (χ2v) is 5.65. The van der Waals surface area contributed by atoms with E-state index in [1.54, 1.807) is 0 Å². The van der Waals surface area contributed by atoms with Crippen LogP contribution in [0.3, 0.4) is 0 Å². The van der Waals surface area contributed by atoms with Crippen molar-refractivity contribution in [2.75, 3.05) is 13.2 Å². The van der Waals surface area contributed by atoms with Gasteiger partial charge in [-0.2, -0.15) is 0 Å². The number of hydrogen-bond donors (Lipinski definition) is 1. The van der Waals surface area contributed by atoms with Crippen molar-refractivity contribution in [2.45, 2.75) is 71.9 Å². The largest absolute Gasteiger partial charge is 0.377 e. The van der Waals surface area contributed by atoms with E-state index in [9.17, 15) is 0 Å². The molecule has 0 amide bonds. The maximum atomic E-state index is 6.01. The maximum Gasteiger partial charge on any atom is 0.0753 e. The van der Waals surface area contributed by atoms with Crippen molar-refractivity contribution < 1.29 is 4.74 Å². The molecule has 0 heterocycles. The number of hydrogen-bond acceptors (Lipinski definition) is 2. The quantitative estimate of drug-likeness (QED) is 0.735. The summed E-state index contributed by atoms with van der Waals surface area (Å²) in [6, 6.07) is 0.556. The zero-order valence-electron chi connectivity index (χ0n) is 12.2. The van der Waals surface area contributed by atoms with E-state index in [1.807, 2.05) is 0 Å². The zero-order valence-corrected chi connectivity index (χ0v) is 12.2. The Hall–Kier alpha value is -0.0800. The third kappa shape index (κ3) is 4.59. The van der Waals surface area contributed by atoms with Crippen LogP contribution >= 0.6 is 0 Å². The van der Waals surface area contributed by atoms with Crippen LogP contribution in [-0.4, -0.2) is 25.3 Å². The summed E-state index contributed by atoms with van der Waals surface area (Å²) < 4.78 is 6.01. The number of likely N-dealkylation sites (N-methyl/N-ethyl adjacent to an activating group) is 1. The van der Waals surface area contributed by atoms with Gasteiger partial charge in [0.1, 0.15) is 0 Å². The summed E-state index contributed by atoms with van der Waals surface area (Å²) >= 11 is 0. The molecule has 0 saturated heterocycles. The van der Waals surface area contributed by atoms with E-state index >= 15 is 0 Å². The monoisotopic (exact) mass is 241 g/mol. The Kier molecular flexibility index (Phi) is 7.14. The molecule has 1 aliphatic rings. The predicted molar refractivity (Wildman–Crippen MR) is 74.3 cm³/mol. The lowest BCUT2D eigenvalue weighted by atomic mass is 9.79. The lowest BCUT2D eigenvalue weighted by Gasteiger charge is -2.38. The van der Waals surface area contributed by atoms with Gasteiger partial charge in [-0.3, -0.25) is 0 Å². The van der Waals surface area contributed by atoms with Gasteiger partial charge in [0.2, 0.25) is 0 Å². The molecule has 17 heavy (non-hydrogen) atoms. The highest BCUT2D eigenvalue weighted by atomic mass is 16.5. The van der Waals surface area contributed by atoms with Gasteiger partial charge in [-0.15, -0.1) is 0 Å². The number of ether oxygens (including phenoxy) is 1. The van der Waals surface area contributed by atoms with Crippen LogP contribution < -0.4 is 5.32 Å². The minimum atomic E-state index is 0.378. The van der Waals surface area contributed by atoms with Crippen LogP contribution in [0.2, 0.25) is 0 Å². The molecule has 102 valence electrons. The number of nitrogens with one attached hydrogen (secondary N) is 1. The summed E-state index contributed by atoms with van der Waals surface area (Å²) in [7, 11) is 0. The molecule has 2 unspecified atom stereocenters. The lowest BCUT2D eigenvalue weighted by molar-refractivity contribution is -0.0163. The summed E-state index contributed by atoms with van der Waals surface area (Å²) in [6.45, 7) is 10.8. The molecule has 2 heteroatoms. The Morgan fingerprint density at radius 1 is 1.12 bits per heavy atom. The van der Waals surface area contributed by atoms with E-state index in [4.69, 9.17) is 4.74 Å². The molecule has 2 atom stereocenters. The summed E-state index contributed by atoms with van der Waals surface area (Å²) in [6.07, 6.45) is 7.38. The molecule has 0 bridgehead atoms. The molecule has 2 nitrogen and oxygen atoms in total. The highest BCUT2D eigenvalue weighted by molar-refractivity contribution is 4.87. The predicted octanol–water partition coefficient (Wildman–Crippen LogP) is 3.61. The van der Waals surface area contributed by atoms with Gasteiger partial charge in [0.25, 0.3) is 0 Å². The average molecular weight is 241 g/mol. The first-order valence-electron chi connectivity index (χ1n) is 7.55. The van der Waals surface area contributed by atoms with Crippen molar-refractivity contribution in [1.29, 1.82) is 0 Å². The van der Waals surface area contributed by atoms with E-state index in [2.05, 4.69) is 33.0 Å². The first-order chi connectivity index (χ1) is 8.20. The Morgan fingerprint density at radius 2 is 1.76 bits per heavy atom. The minimum absolute atomic E-state index is 0.378. The third-order valence-corrected chi connectivity index (χ3v) is 3.97. The molecule has 0 aromatic carbocycles. The Balaban J connectivity index is 2.65. The van der Waals surface area contributed by atoms with Gasteiger partial charge in [-0.1, -0.05) is 40.0 Å². The maximum absolute atomic E-state index is 6.01. The first-order valence-corrected chi connectivity index (χ1v) is 7.55. The van der Waals surface area contributed by atoms with Crippen LogP contribution in [0.1, 0.15) is 59.8 Å². The van der Waals surface area contributed by atoms with Gasteiger partial charge in [0.15, 0.2) is 0 Å². The fourth-order valence-corrected chi connectivity index (χ4v) is 3.18. The SMILES string of the molecule is CCNC(C1CCCCC1)C(OCC)C(C)C. The fourth-order valence-electron chi connectivity index (χ4n) is 3.18. The standard InChI is InChI=1S/C15H31NO/c1-5-16-14(13-10-8-7-9-11-13)15(12(3)4)17-6-2/h12-16H,5-11H2,1-4H3. The summed E-state index contributed by atoms with van der Waals surface area (Å²) in [5.41, 5.74) is 0. The molecule has 0 aliphatic heterocycles. The highest BCUT2D eigenvalue weighted by Gasteiger charge is 2.32. The highest BCUT2D eigenvalue weighted by Crippen LogP contribution is 2.30. The van der Waals surface area contributed by atoms with Gasteiger partial charge >= 0.3 is 0 Å². The first kappa shape index (κ1) is 15.0. The van der Waals surface area contributed by atoms with E-state index in [0.717, 1.165) is 19.1 Å². The fraction of sp³-hybridized carbons (Fsp3) is 1.00. The molecule has 0 aromatic heterocycles. The molecular formula is C15H31NO. The van der Waals surface area contributed by atoms with Crippen LogP contribution in [0, 0.1) is 11.8 Å². The lowest BCUT2D eigenvalue weighted by Crippen LogP contribution is -2.49. The summed E-state index contributed by atoms with van der Waals surface area (Å²) in [5, 5.41) is 3.69. The van der Waals surface area contributed by atoms with Crippen LogP contribution in [0.5, 0.6) is 0 Å². The van der Waals surface area contributed by atoms with Crippen molar-refractivity contribution in [1.82, 2.24) is 5.32 Å². The van der Waals surface area contributed by atoms with E-state index in [-0.39, 0.29) is 0 Å².